The van der Waals surface area contributed by atoms with Gasteiger partial charge in [-0.3, -0.25) is 10.6 Å². The van der Waals surface area contributed by atoms with Gasteiger partial charge in [0.15, 0.2) is 0 Å². The monoisotopic (exact) mass is 386 g/mol. The SMILES string of the molecule is [B]c1ccc(NC(=O)OCc2ccccc2)c(NC(=O)OCc2ccccc2)c1. The zero-order chi connectivity index (χ0) is 20.5. The van der Waals surface area contributed by atoms with E-state index in [4.69, 9.17) is 17.3 Å². The molecule has 0 spiro atoms. The molecule has 7 heteroatoms. The fourth-order valence-corrected chi connectivity index (χ4v) is 2.51. The summed E-state index contributed by atoms with van der Waals surface area (Å²) in [5.41, 5.74) is 2.79. The molecule has 3 aromatic carbocycles. The molecule has 2 N–H and O–H groups in total. The lowest BCUT2D eigenvalue weighted by Crippen LogP contribution is -2.19. The van der Waals surface area contributed by atoms with E-state index in [1.807, 2.05) is 60.7 Å². The fourth-order valence-electron chi connectivity index (χ4n) is 2.51. The van der Waals surface area contributed by atoms with E-state index in [-0.39, 0.29) is 13.2 Å². The largest absolute Gasteiger partial charge is 0.444 e. The number of carbonyl (C=O) groups is 2. The number of rotatable bonds is 6. The maximum atomic E-state index is 12.1. The van der Waals surface area contributed by atoms with Gasteiger partial charge in [0.1, 0.15) is 21.1 Å². The standard InChI is InChI=1S/C22H19BN2O4/c23-18-11-12-19(24-21(26)28-14-16-7-3-1-4-8-16)20(13-18)25-22(27)29-15-17-9-5-2-6-10-17/h1-13H,14-15H2,(H,24,26)(H,25,27). The lowest BCUT2D eigenvalue weighted by Gasteiger charge is -2.14. The second kappa shape index (κ2) is 9.99. The lowest BCUT2D eigenvalue weighted by atomic mass is 9.95. The summed E-state index contributed by atoms with van der Waals surface area (Å²) < 4.78 is 10.4. The smallest absolute Gasteiger partial charge is 0.412 e. The summed E-state index contributed by atoms with van der Waals surface area (Å²) in [5.74, 6) is 0. The van der Waals surface area contributed by atoms with E-state index in [2.05, 4.69) is 10.6 Å². The molecule has 2 amide bonds. The van der Waals surface area contributed by atoms with Gasteiger partial charge in [-0.2, -0.15) is 0 Å². The van der Waals surface area contributed by atoms with Crippen LogP contribution in [0.4, 0.5) is 21.0 Å². The van der Waals surface area contributed by atoms with Crippen molar-refractivity contribution in [1.82, 2.24) is 0 Å². The van der Waals surface area contributed by atoms with E-state index in [0.29, 0.717) is 16.8 Å². The number of hydrogen-bond donors (Lipinski definition) is 2. The Bertz CT molecular complexity index is 965. The summed E-state index contributed by atoms with van der Waals surface area (Å²) in [6, 6.07) is 23.3. The van der Waals surface area contributed by atoms with Gasteiger partial charge in [0.05, 0.1) is 11.4 Å². The average molecular weight is 386 g/mol. The molecule has 2 radical (unpaired) electrons. The molecule has 0 aliphatic carbocycles. The van der Waals surface area contributed by atoms with E-state index in [1.165, 1.54) is 6.07 Å². The molecule has 0 atom stereocenters. The molecular formula is C22H19BN2O4. The highest BCUT2D eigenvalue weighted by Crippen LogP contribution is 2.21. The molecule has 3 rings (SSSR count). The number of nitrogens with one attached hydrogen (secondary N) is 2. The molecule has 0 fully saturated rings. The predicted octanol–water partition coefficient (Wildman–Crippen LogP) is 3.98. The van der Waals surface area contributed by atoms with Crippen molar-refractivity contribution in [3.05, 3.63) is 90.0 Å². The van der Waals surface area contributed by atoms with Crippen LogP contribution in [0, 0.1) is 0 Å². The summed E-state index contributed by atoms with van der Waals surface area (Å²) in [4.78, 5) is 24.2. The van der Waals surface area contributed by atoms with E-state index < -0.39 is 12.2 Å². The molecular weight excluding hydrogens is 367 g/mol. The summed E-state index contributed by atoms with van der Waals surface area (Å²) in [7, 11) is 5.80. The third-order valence-corrected chi connectivity index (χ3v) is 3.94. The third-order valence-electron chi connectivity index (χ3n) is 3.94. The number of carbonyl (C=O) groups excluding carboxylic acids is 2. The quantitative estimate of drug-likeness (QED) is 0.629. The van der Waals surface area contributed by atoms with Gasteiger partial charge < -0.3 is 9.47 Å². The molecule has 0 aliphatic rings. The van der Waals surface area contributed by atoms with Gasteiger partial charge in [-0.15, -0.1) is 0 Å². The number of hydrogen-bond acceptors (Lipinski definition) is 4. The Hall–Kier alpha value is -3.74. The molecule has 29 heavy (non-hydrogen) atoms. The normalized spacial score (nSPS) is 10.1. The minimum Gasteiger partial charge on any atom is -0.444 e. The van der Waals surface area contributed by atoms with Crippen LogP contribution < -0.4 is 16.1 Å². The highest BCUT2D eigenvalue weighted by Gasteiger charge is 2.12. The molecule has 0 saturated carbocycles. The molecule has 0 bridgehead atoms. The highest BCUT2D eigenvalue weighted by atomic mass is 16.6. The molecule has 3 aromatic rings. The van der Waals surface area contributed by atoms with E-state index in [0.717, 1.165) is 11.1 Å². The Balaban J connectivity index is 1.58. The first-order chi connectivity index (χ1) is 14.1. The number of anilines is 2. The summed E-state index contributed by atoms with van der Waals surface area (Å²) in [6.07, 6.45) is -1.32. The second-order valence-electron chi connectivity index (χ2n) is 6.18. The molecule has 6 nitrogen and oxygen atoms in total. The second-order valence-corrected chi connectivity index (χ2v) is 6.18. The fraction of sp³-hybridized carbons (Fsp3) is 0.0909. The van der Waals surface area contributed by atoms with Gasteiger partial charge in [-0.05, 0) is 23.3 Å². The van der Waals surface area contributed by atoms with Crippen LogP contribution in [0.2, 0.25) is 0 Å². The molecule has 144 valence electrons. The topological polar surface area (TPSA) is 76.7 Å². The Morgan fingerprint density at radius 2 is 1.17 bits per heavy atom. The van der Waals surface area contributed by atoms with Crippen molar-refractivity contribution in [3.63, 3.8) is 0 Å². The minimum absolute atomic E-state index is 0.122. The first kappa shape index (κ1) is 20.0. The Kier molecular flexibility index (Phi) is 6.89. The van der Waals surface area contributed by atoms with E-state index in [9.17, 15) is 9.59 Å². The predicted molar refractivity (Wildman–Crippen MR) is 112 cm³/mol. The van der Waals surface area contributed by atoms with Gasteiger partial charge in [-0.1, -0.05) is 72.2 Å². The third kappa shape index (κ3) is 6.43. The summed E-state index contributed by atoms with van der Waals surface area (Å²) in [5, 5.41) is 5.19. The van der Waals surface area contributed by atoms with Crippen LogP contribution in [0.1, 0.15) is 11.1 Å². The average Bonchev–Trinajstić information content (AvgIpc) is 2.74. The van der Waals surface area contributed by atoms with Crippen molar-refractivity contribution < 1.29 is 19.1 Å². The van der Waals surface area contributed by atoms with Crippen LogP contribution in [-0.4, -0.2) is 20.0 Å². The molecule has 0 heterocycles. The number of benzene rings is 3. The van der Waals surface area contributed by atoms with Crippen LogP contribution in [0.5, 0.6) is 0 Å². The Morgan fingerprint density at radius 1 is 0.690 bits per heavy atom. The maximum absolute atomic E-state index is 12.1. The molecule has 0 aromatic heterocycles. The van der Waals surface area contributed by atoms with Crippen LogP contribution >= 0.6 is 0 Å². The van der Waals surface area contributed by atoms with Crippen molar-refractivity contribution >= 4 is 36.9 Å². The number of ether oxygens (including phenoxy) is 2. The maximum Gasteiger partial charge on any atom is 0.412 e. The lowest BCUT2D eigenvalue weighted by molar-refractivity contribution is 0.154. The van der Waals surface area contributed by atoms with Crippen LogP contribution in [-0.2, 0) is 22.7 Å². The Morgan fingerprint density at radius 3 is 1.69 bits per heavy atom. The van der Waals surface area contributed by atoms with E-state index >= 15 is 0 Å². The minimum atomic E-state index is -0.667. The molecule has 0 aliphatic heterocycles. The van der Waals surface area contributed by atoms with Crippen LogP contribution in [0.3, 0.4) is 0 Å². The Labute approximate surface area is 170 Å². The summed E-state index contributed by atoms with van der Waals surface area (Å²) in [6.45, 7) is 0.250. The first-order valence-electron chi connectivity index (χ1n) is 8.95. The van der Waals surface area contributed by atoms with Gasteiger partial charge >= 0.3 is 12.2 Å². The highest BCUT2D eigenvalue weighted by molar-refractivity contribution is 6.33. The van der Waals surface area contributed by atoms with Crippen molar-refractivity contribution in [1.29, 1.82) is 0 Å². The van der Waals surface area contributed by atoms with Gasteiger partial charge in [0.25, 0.3) is 0 Å². The van der Waals surface area contributed by atoms with Crippen LogP contribution in [0.15, 0.2) is 78.9 Å². The van der Waals surface area contributed by atoms with Crippen LogP contribution in [0.25, 0.3) is 0 Å². The van der Waals surface area contributed by atoms with Crippen molar-refractivity contribution in [2.75, 3.05) is 10.6 Å². The van der Waals surface area contributed by atoms with E-state index in [1.54, 1.807) is 12.1 Å². The van der Waals surface area contributed by atoms with Crippen molar-refractivity contribution in [3.8, 4) is 0 Å². The van der Waals surface area contributed by atoms with Crippen molar-refractivity contribution in [2.45, 2.75) is 13.2 Å². The first-order valence-corrected chi connectivity index (χ1v) is 8.95. The molecule has 0 unspecified atom stereocenters. The van der Waals surface area contributed by atoms with Gasteiger partial charge in [0, 0.05) is 0 Å². The zero-order valence-electron chi connectivity index (χ0n) is 15.6. The molecule has 0 saturated heterocycles. The summed E-state index contributed by atoms with van der Waals surface area (Å²) >= 11 is 0. The zero-order valence-corrected chi connectivity index (χ0v) is 15.6. The van der Waals surface area contributed by atoms with Gasteiger partial charge in [0.2, 0.25) is 0 Å². The number of amides is 2. The van der Waals surface area contributed by atoms with Gasteiger partial charge in [-0.25, -0.2) is 9.59 Å². The van der Waals surface area contributed by atoms with Crippen molar-refractivity contribution in [2.24, 2.45) is 0 Å².